The van der Waals surface area contributed by atoms with Crippen LogP contribution in [0.5, 0.6) is 0 Å². The van der Waals surface area contributed by atoms with Crippen LogP contribution in [0.25, 0.3) is 0 Å². The molecule has 0 radical (unpaired) electrons. The van der Waals surface area contributed by atoms with E-state index in [1.807, 2.05) is 0 Å². The van der Waals surface area contributed by atoms with E-state index in [1.54, 1.807) is 12.4 Å². The minimum atomic E-state index is -1.02. The fourth-order valence-electron chi connectivity index (χ4n) is 5.06. The van der Waals surface area contributed by atoms with Gasteiger partial charge in [0.05, 0.1) is 0 Å². The van der Waals surface area contributed by atoms with Gasteiger partial charge in [-0.1, -0.05) is 43.9 Å². The summed E-state index contributed by atoms with van der Waals surface area (Å²) >= 11 is 0. The second kappa shape index (κ2) is 8.67. The Bertz CT molecular complexity index is 523. The maximum atomic E-state index is 11.0. The summed E-state index contributed by atoms with van der Waals surface area (Å²) in [6, 6.07) is 0. The molecule has 0 saturated heterocycles. The Labute approximate surface area is 170 Å². The van der Waals surface area contributed by atoms with Crippen molar-refractivity contribution in [1.82, 2.24) is 0 Å². The van der Waals surface area contributed by atoms with Crippen LogP contribution >= 0.6 is 0 Å². The zero-order valence-corrected chi connectivity index (χ0v) is 19.4. The van der Waals surface area contributed by atoms with Crippen molar-refractivity contribution in [3.8, 4) is 0 Å². The number of aliphatic hydroxyl groups excluding tert-OH is 2. The predicted molar refractivity (Wildman–Crippen MR) is 92.3 cm³/mol. The van der Waals surface area contributed by atoms with Crippen molar-refractivity contribution >= 4 is 6.29 Å². The van der Waals surface area contributed by atoms with Gasteiger partial charge in [0.2, 0.25) is 0 Å². The summed E-state index contributed by atoms with van der Waals surface area (Å²) in [5.74, 6) is 0.467. The molecule has 0 aromatic carbocycles. The molecule has 0 aromatic heterocycles. The SMILES string of the molecule is [CH2-][C@@H](O)/C([C-]=O)=C\CC1=C(C)CC[C@@H]2[C@](C)(CO)CCC[C@@]12C.[U+2]. The number of rotatable bonds is 5. The third-order valence-corrected chi connectivity index (χ3v) is 6.43. The van der Waals surface area contributed by atoms with Gasteiger partial charge in [-0.15, -0.1) is 0 Å². The Morgan fingerprint density at radius 2 is 2.12 bits per heavy atom. The monoisotopic (exact) mass is 556 g/mol. The first kappa shape index (κ1) is 22.2. The van der Waals surface area contributed by atoms with Crippen molar-refractivity contribution < 1.29 is 46.1 Å². The number of hydrogen-bond donors (Lipinski definition) is 2. The van der Waals surface area contributed by atoms with E-state index in [0.29, 0.717) is 12.3 Å². The zero-order chi connectivity index (χ0) is 17.3. The molecule has 2 aliphatic rings. The molecular weight excluding hydrogens is 526 g/mol. The number of aliphatic hydroxyl groups is 2. The molecule has 0 heterocycles. The van der Waals surface area contributed by atoms with Crippen LogP contribution in [0.4, 0.5) is 0 Å². The Kier molecular flexibility index (Phi) is 8.01. The van der Waals surface area contributed by atoms with Gasteiger partial charge in [-0.2, -0.15) is 5.57 Å². The molecule has 0 amide bonds. The van der Waals surface area contributed by atoms with Crippen LogP contribution in [0.2, 0.25) is 0 Å². The van der Waals surface area contributed by atoms with Crippen molar-refractivity contribution in [2.75, 3.05) is 6.61 Å². The third kappa shape index (κ3) is 4.09. The fourth-order valence-corrected chi connectivity index (χ4v) is 5.06. The molecule has 0 aromatic rings. The van der Waals surface area contributed by atoms with Crippen LogP contribution in [-0.4, -0.2) is 29.2 Å². The molecule has 0 unspecified atom stereocenters. The Morgan fingerprint density at radius 3 is 2.67 bits per heavy atom. The molecule has 2 rings (SSSR count). The van der Waals surface area contributed by atoms with E-state index in [0.717, 1.165) is 32.1 Å². The predicted octanol–water partition coefficient (Wildman–Crippen LogP) is 3.52. The zero-order valence-electron chi connectivity index (χ0n) is 15.2. The molecule has 2 aliphatic carbocycles. The van der Waals surface area contributed by atoms with Gasteiger partial charge in [-0.25, -0.2) is 6.08 Å². The van der Waals surface area contributed by atoms with E-state index in [2.05, 4.69) is 27.7 Å². The van der Waals surface area contributed by atoms with Crippen LogP contribution in [0, 0.1) is 54.8 Å². The summed E-state index contributed by atoms with van der Waals surface area (Å²) in [4.78, 5) is 11.0. The van der Waals surface area contributed by atoms with Gasteiger partial charge < -0.3 is 21.9 Å². The van der Waals surface area contributed by atoms with Crippen LogP contribution in [0.1, 0.15) is 59.3 Å². The maximum absolute atomic E-state index is 11.0. The summed E-state index contributed by atoms with van der Waals surface area (Å²) in [7, 11) is 0. The Balaban J connectivity index is 0.00000288. The van der Waals surface area contributed by atoms with Crippen molar-refractivity contribution in [1.29, 1.82) is 0 Å². The van der Waals surface area contributed by atoms with Gasteiger partial charge in [0.15, 0.2) is 0 Å². The summed E-state index contributed by atoms with van der Waals surface area (Å²) in [5, 5.41) is 19.5. The molecule has 24 heavy (non-hydrogen) atoms. The van der Waals surface area contributed by atoms with E-state index in [9.17, 15) is 15.0 Å². The van der Waals surface area contributed by atoms with Crippen LogP contribution < -0.4 is 0 Å². The first-order valence-electron chi connectivity index (χ1n) is 8.68. The van der Waals surface area contributed by atoms with Crippen molar-refractivity contribution in [3.05, 3.63) is 29.7 Å². The second-order valence-corrected chi connectivity index (χ2v) is 7.91. The van der Waals surface area contributed by atoms with Gasteiger partial charge >= 0.3 is 31.1 Å². The molecule has 0 aliphatic heterocycles. The summed E-state index contributed by atoms with van der Waals surface area (Å²) in [6.45, 7) is 10.5. The first-order chi connectivity index (χ1) is 10.8. The quantitative estimate of drug-likeness (QED) is 0.310. The molecule has 132 valence electrons. The van der Waals surface area contributed by atoms with Gasteiger partial charge in [-0.05, 0) is 55.6 Å². The molecule has 3 nitrogen and oxygen atoms in total. The molecule has 1 saturated carbocycles. The van der Waals surface area contributed by atoms with Gasteiger partial charge in [-0.3, -0.25) is 0 Å². The summed E-state index contributed by atoms with van der Waals surface area (Å²) in [5.41, 5.74) is 3.05. The van der Waals surface area contributed by atoms with Crippen molar-refractivity contribution in [3.63, 3.8) is 0 Å². The molecule has 4 atom stereocenters. The Hall–Kier alpha value is 0.122. The average Bonchev–Trinajstić information content (AvgIpc) is 2.49. The van der Waals surface area contributed by atoms with Gasteiger partial charge in [0.1, 0.15) is 0 Å². The third-order valence-electron chi connectivity index (χ3n) is 6.43. The topological polar surface area (TPSA) is 57.5 Å². The molecule has 2 N–H and O–H groups in total. The number of fused-ring (bicyclic) bond motifs is 1. The molecule has 4 heteroatoms. The van der Waals surface area contributed by atoms with E-state index in [1.165, 1.54) is 11.1 Å². The Morgan fingerprint density at radius 1 is 1.46 bits per heavy atom. The van der Waals surface area contributed by atoms with E-state index in [-0.39, 0.29) is 54.1 Å². The molecular formula is C20H30O3U. The van der Waals surface area contributed by atoms with E-state index in [4.69, 9.17) is 0 Å². The minimum absolute atomic E-state index is 0. The maximum Gasteiger partial charge on any atom is 2.00 e. The normalized spacial score (nSPS) is 35.1. The van der Waals surface area contributed by atoms with Gasteiger partial charge in [0.25, 0.3) is 0 Å². The number of carbonyl (C=O) groups excluding carboxylic acids is 1. The fraction of sp³-hybridized carbons (Fsp3) is 0.700. The van der Waals surface area contributed by atoms with Gasteiger partial charge in [0, 0.05) is 6.61 Å². The summed E-state index contributed by atoms with van der Waals surface area (Å²) in [6.07, 6.45) is 8.73. The summed E-state index contributed by atoms with van der Waals surface area (Å²) < 4.78 is 0. The average molecular weight is 556 g/mol. The minimum Gasteiger partial charge on any atom is -0.424 e. The van der Waals surface area contributed by atoms with Crippen LogP contribution in [0.3, 0.4) is 0 Å². The second-order valence-electron chi connectivity index (χ2n) is 7.91. The van der Waals surface area contributed by atoms with Crippen molar-refractivity contribution in [2.24, 2.45) is 16.7 Å². The van der Waals surface area contributed by atoms with Crippen LogP contribution in [-0.2, 0) is 4.79 Å². The smallest absolute Gasteiger partial charge is 0.424 e. The number of allylic oxidation sites excluding steroid dienone is 3. The van der Waals surface area contributed by atoms with E-state index >= 15 is 0 Å². The molecule has 0 spiro atoms. The van der Waals surface area contributed by atoms with E-state index < -0.39 is 6.10 Å². The van der Waals surface area contributed by atoms with Crippen LogP contribution in [0.15, 0.2) is 22.8 Å². The van der Waals surface area contributed by atoms with Crippen molar-refractivity contribution in [2.45, 2.75) is 65.4 Å². The number of hydrogen-bond acceptors (Lipinski definition) is 3. The molecule has 0 bridgehead atoms. The molecule has 1 fully saturated rings. The first-order valence-corrected chi connectivity index (χ1v) is 8.68. The standard InChI is InChI=1S/C20H30O3.U/c1-14-6-9-18-19(3,13-22)10-5-11-20(18,4)17(14)8-7-16(12-21)15(2)23;/h7,15,18,22-23H,2,5-6,8-11,13H2,1,3-4H3;/q-2;+2/b16-7-;/t15-,18-,19+,20+;/m1./s1. The largest absolute Gasteiger partial charge is 2.00 e.